The van der Waals surface area contributed by atoms with Crippen LogP contribution in [0.15, 0.2) is 59.6 Å². The molecule has 2 aromatic rings. The van der Waals surface area contributed by atoms with E-state index in [-0.39, 0.29) is 36.5 Å². The number of halogens is 7. The Labute approximate surface area is 255 Å². The van der Waals surface area contributed by atoms with Crippen LogP contribution in [0.2, 0.25) is 0 Å². The van der Waals surface area contributed by atoms with E-state index in [2.05, 4.69) is 21.9 Å². The fourth-order valence-corrected chi connectivity index (χ4v) is 4.65. The molecule has 45 heavy (non-hydrogen) atoms. The summed E-state index contributed by atoms with van der Waals surface area (Å²) in [5.41, 5.74) is -6.76. The lowest BCUT2D eigenvalue weighted by molar-refractivity contribution is -0.144. The SMILES string of the molecule is [B]C([B])(O)Oc1cccc(C2C(NC(=O)C(=C)N=C/C(F)=C\C)CCN2C(=O)Cc2ncc(C(F)(F)F)cc2C(F)(F)F)c1C. The summed E-state index contributed by atoms with van der Waals surface area (Å²) >= 11 is 0. The van der Waals surface area contributed by atoms with Crippen molar-refractivity contribution in [2.75, 3.05) is 6.54 Å². The Kier molecular flexibility index (Phi) is 10.6. The van der Waals surface area contributed by atoms with Gasteiger partial charge < -0.3 is 20.1 Å². The smallest absolute Gasteiger partial charge is 0.418 e. The zero-order valence-corrected chi connectivity index (χ0v) is 23.8. The summed E-state index contributed by atoms with van der Waals surface area (Å²) in [5.74, 6) is -2.60. The summed E-state index contributed by atoms with van der Waals surface area (Å²) in [7, 11) is 10.7. The number of alkyl halides is 6. The van der Waals surface area contributed by atoms with Crippen LogP contribution in [-0.4, -0.2) is 66.9 Å². The number of benzene rings is 1. The second-order valence-corrected chi connectivity index (χ2v) is 9.99. The maximum atomic E-state index is 13.8. The Bertz CT molecular complexity index is 1520. The standard InChI is InChI=1S/C28H25B2F7N4O4/c1-4-17(31)13-38-15(3)25(43)40-20-8-9-41(24(20)18-6-5-7-22(14(18)2)45-28(29,30)44)23(42)11-21-19(27(35,36)37)10-16(12-39-21)26(32,33)34/h4-7,10,12-13,20,24,44H,3,8-9,11H2,1-2H3,(H,40,43)/b17-4+,38-13?. The number of carbonyl (C=O) groups is 2. The Hall–Kier alpha value is -4.14. The molecule has 0 aliphatic carbocycles. The summed E-state index contributed by atoms with van der Waals surface area (Å²) in [5, 5.41) is 12.4. The third-order valence-electron chi connectivity index (χ3n) is 6.76. The van der Waals surface area contributed by atoms with E-state index in [1.54, 1.807) is 0 Å². The zero-order chi connectivity index (χ0) is 33.9. The lowest BCUT2D eigenvalue weighted by atomic mass is 9.76. The Morgan fingerprint density at radius 2 is 1.89 bits per heavy atom. The van der Waals surface area contributed by atoms with Crippen molar-refractivity contribution in [3.8, 4) is 5.75 Å². The van der Waals surface area contributed by atoms with Crippen LogP contribution >= 0.6 is 0 Å². The molecule has 3 rings (SSSR count). The van der Waals surface area contributed by atoms with Crippen LogP contribution in [0.4, 0.5) is 30.7 Å². The first kappa shape index (κ1) is 35.3. The molecule has 2 heterocycles. The number of aliphatic imine (C=N–C) groups is 1. The summed E-state index contributed by atoms with van der Waals surface area (Å²) in [6.45, 7) is 6.26. The molecule has 17 heteroatoms. The molecule has 0 bridgehead atoms. The first-order chi connectivity index (χ1) is 20.7. The van der Waals surface area contributed by atoms with Crippen molar-refractivity contribution in [2.45, 2.75) is 56.7 Å². The van der Waals surface area contributed by atoms with Crippen molar-refractivity contribution in [1.82, 2.24) is 15.2 Å². The van der Waals surface area contributed by atoms with Gasteiger partial charge in [0, 0.05) is 12.7 Å². The monoisotopic (exact) mass is 636 g/mol. The van der Waals surface area contributed by atoms with Gasteiger partial charge in [0.15, 0.2) is 15.7 Å². The van der Waals surface area contributed by atoms with E-state index in [4.69, 9.17) is 20.4 Å². The molecule has 1 aromatic heterocycles. The van der Waals surface area contributed by atoms with Crippen molar-refractivity contribution >= 4 is 33.7 Å². The fraction of sp³-hybridized carbons (Fsp3) is 0.357. The average molecular weight is 636 g/mol. The number of pyridine rings is 1. The topological polar surface area (TPSA) is 104 Å². The Balaban J connectivity index is 2.03. The van der Waals surface area contributed by atoms with Crippen LogP contribution in [0.5, 0.6) is 5.75 Å². The van der Waals surface area contributed by atoms with Gasteiger partial charge in [0.1, 0.15) is 22.9 Å². The Morgan fingerprint density at radius 3 is 2.47 bits per heavy atom. The van der Waals surface area contributed by atoms with Gasteiger partial charge in [-0.1, -0.05) is 24.8 Å². The number of ether oxygens (including phenoxy) is 1. The minimum absolute atomic E-state index is 0.0380. The van der Waals surface area contributed by atoms with Crippen molar-refractivity contribution in [2.24, 2.45) is 4.99 Å². The zero-order valence-electron chi connectivity index (χ0n) is 23.8. The number of rotatable bonds is 9. The molecule has 4 radical (unpaired) electrons. The number of hydrogen-bond acceptors (Lipinski definition) is 6. The molecule has 1 saturated heterocycles. The highest BCUT2D eigenvalue weighted by molar-refractivity contribution is 6.37. The first-order valence-corrected chi connectivity index (χ1v) is 13.1. The van der Waals surface area contributed by atoms with E-state index in [0.29, 0.717) is 5.56 Å². The molecule has 1 aliphatic heterocycles. The van der Waals surface area contributed by atoms with Gasteiger partial charge in [-0.2, -0.15) is 26.3 Å². The van der Waals surface area contributed by atoms with Crippen molar-refractivity contribution in [3.05, 3.63) is 82.6 Å². The normalized spacial score (nSPS) is 17.9. The maximum Gasteiger partial charge on any atom is 0.418 e. The minimum Gasteiger partial charge on any atom is -0.481 e. The number of nitrogens with zero attached hydrogens (tertiary/aromatic N) is 3. The van der Waals surface area contributed by atoms with E-state index >= 15 is 0 Å². The van der Waals surface area contributed by atoms with E-state index in [1.807, 2.05) is 0 Å². The quantitative estimate of drug-likeness (QED) is 0.141. The van der Waals surface area contributed by atoms with Gasteiger partial charge in [0.25, 0.3) is 5.91 Å². The summed E-state index contributed by atoms with van der Waals surface area (Å²) in [6, 6.07) is 2.19. The van der Waals surface area contributed by atoms with Gasteiger partial charge in [-0.05, 0) is 43.5 Å². The molecule has 8 nitrogen and oxygen atoms in total. The van der Waals surface area contributed by atoms with E-state index in [1.165, 1.54) is 32.0 Å². The van der Waals surface area contributed by atoms with E-state index in [0.717, 1.165) is 17.2 Å². The largest absolute Gasteiger partial charge is 0.481 e. The highest BCUT2D eigenvalue weighted by atomic mass is 19.4. The van der Waals surface area contributed by atoms with Gasteiger partial charge in [-0.15, -0.1) is 0 Å². The molecular formula is C28H25B2F7N4O4. The molecule has 2 amide bonds. The average Bonchev–Trinajstić information content (AvgIpc) is 3.34. The third-order valence-corrected chi connectivity index (χ3v) is 6.76. The van der Waals surface area contributed by atoms with E-state index in [9.17, 15) is 45.4 Å². The maximum absolute atomic E-state index is 13.8. The van der Waals surface area contributed by atoms with Gasteiger partial charge in [-0.25, -0.2) is 9.38 Å². The van der Waals surface area contributed by atoms with Crippen molar-refractivity contribution < 1.29 is 50.2 Å². The second-order valence-electron chi connectivity index (χ2n) is 9.99. The Morgan fingerprint density at radius 1 is 1.22 bits per heavy atom. The fourth-order valence-electron chi connectivity index (χ4n) is 4.65. The predicted octanol–water partition coefficient (Wildman–Crippen LogP) is 4.21. The number of carbonyl (C=O) groups excluding carboxylic acids is 2. The highest BCUT2D eigenvalue weighted by Gasteiger charge is 2.43. The molecule has 2 unspecified atom stereocenters. The lowest BCUT2D eigenvalue weighted by Gasteiger charge is -2.32. The number of hydrogen-bond donors (Lipinski definition) is 2. The second kappa shape index (κ2) is 13.5. The molecular weight excluding hydrogens is 611 g/mol. The van der Waals surface area contributed by atoms with Crippen LogP contribution < -0.4 is 10.1 Å². The van der Waals surface area contributed by atoms with Crippen molar-refractivity contribution in [3.63, 3.8) is 0 Å². The molecule has 1 aromatic carbocycles. The molecule has 236 valence electrons. The van der Waals surface area contributed by atoms with Crippen LogP contribution in [0, 0.1) is 6.92 Å². The summed E-state index contributed by atoms with van der Waals surface area (Å²) in [4.78, 5) is 34.5. The molecule has 0 spiro atoms. The highest BCUT2D eigenvalue weighted by Crippen LogP contribution is 2.40. The number of nitrogens with one attached hydrogen (secondary N) is 1. The van der Waals surface area contributed by atoms with Gasteiger partial charge in [0.2, 0.25) is 5.91 Å². The molecule has 2 N–H and O–H groups in total. The lowest BCUT2D eigenvalue weighted by Crippen LogP contribution is -2.42. The first-order valence-electron chi connectivity index (χ1n) is 13.1. The van der Waals surface area contributed by atoms with Crippen LogP contribution in [0.25, 0.3) is 0 Å². The molecule has 0 saturated carbocycles. The number of aliphatic hydroxyl groups is 1. The summed E-state index contributed by atoms with van der Waals surface area (Å²) in [6.07, 6.45) is -9.31. The summed E-state index contributed by atoms with van der Waals surface area (Å²) < 4.78 is 99.2. The van der Waals surface area contributed by atoms with Crippen molar-refractivity contribution in [1.29, 1.82) is 0 Å². The minimum atomic E-state index is -5.26. The van der Waals surface area contributed by atoms with Gasteiger partial charge >= 0.3 is 12.4 Å². The molecule has 1 aliphatic rings. The number of likely N-dealkylation sites (tertiary alicyclic amines) is 1. The van der Waals surface area contributed by atoms with Crippen LogP contribution in [0.1, 0.15) is 47.3 Å². The van der Waals surface area contributed by atoms with Gasteiger partial charge in [0.05, 0.1) is 41.5 Å². The van der Waals surface area contributed by atoms with Crippen LogP contribution in [0.3, 0.4) is 0 Å². The number of aromatic nitrogens is 1. The molecule has 1 fully saturated rings. The number of allylic oxidation sites excluding steroid dienone is 2. The predicted molar refractivity (Wildman–Crippen MR) is 150 cm³/mol. The third kappa shape index (κ3) is 8.96. The van der Waals surface area contributed by atoms with Crippen LogP contribution in [-0.2, 0) is 28.4 Å². The van der Waals surface area contributed by atoms with E-state index < -0.39 is 76.6 Å². The van der Waals surface area contributed by atoms with Gasteiger partial charge in [-0.3, -0.25) is 14.6 Å². The number of amides is 2. The molecule has 2 atom stereocenters.